The number of hydrogen-bond donors (Lipinski definition) is 20. The summed E-state index contributed by atoms with van der Waals surface area (Å²) in [4.78, 5) is 274. The van der Waals surface area contributed by atoms with Crippen molar-refractivity contribution in [2.75, 3.05) is 65.4 Å². The number of likely N-dealkylation sites (N-methyl/N-ethyl adjacent to an activating group) is 3. The highest BCUT2D eigenvalue weighted by Gasteiger charge is 2.47. The number of benzene rings is 3. The Morgan fingerprint density at radius 2 is 1.11 bits per heavy atom. The van der Waals surface area contributed by atoms with E-state index >= 15 is 33.6 Å². The van der Waals surface area contributed by atoms with E-state index in [4.69, 9.17) is 28.3 Å². The lowest BCUT2D eigenvalue weighted by Crippen LogP contribution is -2.61. The molecule has 8 rings (SSSR count). The van der Waals surface area contributed by atoms with Crippen LogP contribution in [0.25, 0.3) is 21.8 Å². The Morgan fingerprint density at radius 1 is 0.560 bits per heavy atom. The zero-order chi connectivity index (χ0) is 98.5. The minimum Gasteiger partial charge on any atom is -0.508 e. The predicted octanol–water partition coefficient (Wildman–Crippen LogP) is -2.36. The molecule has 0 aliphatic carbocycles. The lowest BCUT2D eigenvalue weighted by Gasteiger charge is -2.36. The molecule has 16 amide bonds. The number of phenolic OH excluding ortho intramolecular Hbond substituents is 1. The number of Topliss-reactive ketones (excluding diaryl/α,β-unsaturated/α-hetero) is 1. The fraction of sp³-hybridized carbons (Fsp3) is 0.544. The number of primary amides is 2. The summed E-state index contributed by atoms with van der Waals surface area (Å²) in [5.41, 5.74) is 25.5. The van der Waals surface area contributed by atoms with Crippen molar-refractivity contribution in [1.82, 2.24) is 87.6 Å². The molecule has 44 heteroatoms. The number of carbonyl (C=O) groups excluding carboxylic acids is 17. The van der Waals surface area contributed by atoms with E-state index in [-0.39, 0.29) is 95.4 Å². The number of H-pyrrole nitrogens is 2. The smallest absolute Gasteiger partial charge is 0.305 e. The number of para-hydroxylation sites is 2. The fourth-order valence-corrected chi connectivity index (χ4v) is 17.5. The number of unbranched alkanes of at least 4 members (excludes halogenated alkanes) is 2. The quantitative estimate of drug-likeness (QED) is 0.0156. The number of rotatable bonds is 26. The number of fused-ring (bicyclic) bond motifs is 4. The first-order chi connectivity index (χ1) is 63.6. The number of hydrogen-bond acceptors (Lipinski definition) is 23. The van der Waals surface area contributed by atoms with Gasteiger partial charge in [-0.3, -0.25) is 91.7 Å². The van der Waals surface area contributed by atoms with Crippen molar-refractivity contribution in [2.24, 2.45) is 34.8 Å². The van der Waals surface area contributed by atoms with Gasteiger partial charge in [0.1, 0.15) is 78.3 Å². The van der Waals surface area contributed by atoms with Gasteiger partial charge in [-0.25, -0.2) is 0 Å². The van der Waals surface area contributed by atoms with Gasteiger partial charge in [0, 0.05) is 119 Å². The van der Waals surface area contributed by atoms with E-state index < -0.39 is 253 Å². The van der Waals surface area contributed by atoms with E-state index in [1.54, 1.807) is 74.8 Å². The molecule has 730 valence electrons. The molecule has 0 radical (unpaired) electrons. The Balaban J connectivity index is 1.20. The van der Waals surface area contributed by atoms with Crippen LogP contribution in [0, 0.1) is 17.2 Å². The molecular weight excluding hydrogens is 1760 g/mol. The van der Waals surface area contributed by atoms with Crippen LogP contribution in [0.2, 0.25) is 0 Å². The number of thioether (sulfide) groups is 1. The number of carboxylic acids is 1. The second kappa shape index (κ2) is 50.6. The Labute approximate surface area is 779 Å². The standard InChI is InChI=1S/C90H128N22O21S/c1-9-11-24-68-83(127)101-60(23-17-31-96-90(94)95)80(124)107-67(79(123)99-44-74(93)117)46-134-47-75(118)100-63(34-50-27-29-54(113)30-28-50)85(129)108(6)49(5)77(121)103-65(39-73(92)116)87(131)111-32-18-26-69(111)84(128)106-66(41-91)82(126)104-62(33-48(3)4)88(132)112-45-55(114)38-71(112)72(115)37-51(35-52-42-97-58-21-15-13-19-56(52)58)78(122)102-61(40-76(119)120)81(125)105-64(36-53-43-98-59-22-16-14-20-57(53)59)86(130)110(8)70(25-12-10-2)89(133)109(68)7/h13-16,19-22,27-30,42-43,48-49,51,55,60-71,97-98,113-114H,9-12,17-18,23-26,31-41,44-47,91H2,1-8H3,(H2,92,116)(H2,93,117)(H,99,123)(H,100,118)(H,101,127)(H,102,122)(H,103,121)(H,104,126)(H,105,125)(H,106,128)(H,107,124)(H,119,120)(H4,94,95,96)/t49-,51+,55+,60-,61-,62-,63-,64-,65-,66-,67-,68-,69-,70-,71-/m0/s1. The van der Waals surface area contributed by atoms with E-state index in [1.807, 2.05) is 13.8 Å². The molecule has 0 saturated carbocycles. The van der Waals surface area contributed by atoms with E-state index in [1.165, 1.54) is 52.3 Å². The van der Waals surface area contributed by atoms with Gasteiger partial charge in [-0.15, -0.1) is 11.8 Å². The molecule has 5 heterocycles. The highest BCUT2D eigenvalue weighted by molar-refractivity contribution is 8.00. The largest absolute Gasteiger partial charge is 0.508 e. The zero-order valence-corrected chi connectivity index (χ0v) is 77.5. The number of carbonyl (C=O) groups is 18. The summed E-state index contributed by atoms with van der Waals surface area (Å²) in [5.74, 6) is -21.3. The van der Waals surface area contributed by atoms with Crippen LogP contribution in [-0.4, -0.2) is 312 Å². The first kappa shape index (κ1) is 106. The SMILES string of the molecule is CCCC[C@H]1C(=O)N(C)[C@@H](CCCC)C(=O)N[C@@H](CCCNC(=N)N)C(=O)N[C@H](C(=O)NCC(N)=O)CSCC(=O)N[C@@H](Cc2ccc(O)cc2)C(=O)N(C)[C@@H](C)C(=O)N[C@@H](CC(N)=O)C(=O)N2CCC[C@H]2C(=O)N[C@@H](CN)C(=O)N[C@@H](CC(C)C)C(=O)N2C[C@H](O)C[C@H]2C(=O)C[C@@H](Cc2c[nH]c3ccccc23)C(=O)N[C@@H](CC(=O)O)C(=O)N[C@@H](Cc2c[nH]c3ccccc23)C(=O)N1C. The maximum absolute atomic E-state index is 15.8. The van der Waals surface area contributed by atoms with Crippen LogP contribution in [0.4, 0.5) is 0 Å². The number of carboxylic acid groups (broad SMARTS) is 1. The maximum Gasteiger partial charge on any atom is 0.305 e. The third-order valence-corrected chi connectivity index (χ3v) is 25.1. The van der Waals surface area contributed by atoms with Gasteiger partial charge in [-0.2, -0.15) is 0 Å². The van der Waals surface area contributed by atoms with Gasteiger partial charge in [0.15, 0.2) is 11.7 Å². The first-order valence-corrected chi connectivity index (χ1v) is 46.1. The number of nitrogens with two attached hydrogens (primary N) is 4. The highest BCUT2D eigenvalue weighted by atomic mass is 32.2. The first-order valence-electron chi connectivity index (χ1n) is 45.0. The molecule has 2 aromatic heterocycles. The van der Waals surface area contributed by atoms with E-state index in [9.17, 15) is 68.1 Å². The van der Waals surface area contributed by atoms with Gasteiger partial charge >= 0.3 is 5.97 Å². The fourth-order valence-electron chi connectivity index (χ4n) is 16.7. The van der Waals surface area contributed by atoms with Gasteiger partial charge in [-0.1, -0.05) is 102 Å². The number of phenols is 1. The second-order valence-corrected chi connectivity index (χ2v) is 35.7. The number of nitrogens with one attached hydrogen (secondary N) is 13. The second-order valence-electron chi connectivity index (χ2n) is 34.7. The molecule has 15 atom stereocenters. The molecule has 3 aliphatic heterocycles. The average Bonchev–Trinajstić information content (AvgIpc) is 1.57. The number of aromatic nitrogens is 2. The summed E-state index contributed by atoms with van der Waals surface area (Å²) in [6.45, 7) is 6.42. The van der Waals surface area contributed by atoms with Crippen LogP contribution < -0.4 is 76.1 Å². The van der Waals surface area contributed by atoms with Gasteiger partial charge in [-0.05, 0) is 105 Å². The van der Waals surface area contributed by atoms with Gasteiger partial charge in [0.2, 0.25) is 94.5 Å². The molecule has 3 aromatic carbocycles. The van der Waals surface area contributed by atoms with Crippen molar-refractivity contribution in [3.8, 4) is 5.75 Å². The van der Waals surface area contributed by atoms with Gasteiger partial charge in [0.25, 0.3) is 0 Å². The Hall–Kier alpha value is -13.3. The third-order valence-electron chi connectivity index (χ3n) is 24.1. The summed E-state index contributed by atoms with van der Waals surface area (Å²) in [5, 5.41) is 67.2. The summed E-state index contributed by atoms with van der Waals surface area (Å²) in [6, 6.07) is -1.05. The van der Waals surface area contributed by atoms with Gasteiger partial charge < -0.3 is 126 Å². The molecule has 5 aromatic rings. The normalized spacial score (nSPS) is 24.9. The molecule has 3 aliphatic rings. The number of aromatic hydroxyl groups is 1. The molecule has 24 N–H and O–H groups in total. The highest BCUT2D eigenvalue weighted by Crippen LogP contribution is 2.30. The van der Waals surface area contributed by atoms with Crippen LogP contribution >= 0.6 is 11.8 Å². The van der Waals surface area contributed by atoms with Crippen molar-refractivity contribution in [1.29, 1.82) is 5.41 Å². The summed E-state index contributed by atoms with van der Waals surface area (Å²) in [6.07, 6.45) is -0.767. The summed E-state index contributed by atoms with van der Waals surface area (Å²) < 4.78 is 0. The summed E-state index contributed by atoms with van der Waals surface area (Å²) >= 11 is 0.750. The molecule has 3 saturated heterocycles. The molecule has 43 nitrogen and oxygen atoms in total. The lowest BCUT2D eigenvalue weighted by molar-refractivity contribution is -0.149. The van der Waals surface area contributed by atoms with Crippen molar-refractivity contribution in [3.05, 3.63) is 102 Å². The van der Waals surface area contributed by atoms with Crippen molar-refractivity contribution < 1.29 is 102 Å². The van der Waals surface area contributed by atoms with E-state index in [0.717, 1.165) is 36.3 Å². The van der Waals surface area contributed by atoms with Crippen molar-refractivity contribution in [3.63, 3.8) is 0 Å². The molecule has 134 heavy (non-hydrogen) atoms. The lowest BCUT2D eigenvalue weighted by atomic mass is 9.90. The predicted molar refractivity (Wildman–Crippen MR) is 493 cm³/mol. The van der Waals surface area contributed by atoms with Crippen LogP contribution in [0.3, 0.4) is 0 Å². The average molecular weight is 1890 g/mol. The summed E-state index contributed by atoms with van der Waals surface area (Å²) in [7, 11) is 3.84. The number of ketones is 1. The Bertz CT molecular complexity index is 5070. The minimum absolute atomic E-state index is 0.0207. The van der Waals surface area contributed by atoms with Crippen LogP contribution in [0.1, 0.15) is 148 Å². The molecule has 3 fully saturated rings. The monoisotopic (exact) mass is 1880 g/mol. The van der Waals surface area contributed by atoms with E-state index in [2.05, 4.69) is 63.1 Å². The van der Waals surface area contributed by atoms with E-state index in [0.29, 0.717) is 64.2 Å². The Morgan fingerprint density at radius 3 is 1.72 bits per heavy atom. The van der Waals surface area contributed by atoms with Crippen molar-refractivity contribution >= 4 is 146 Å². The zero-order valence-electron chi connectivity index (χ0n) is 76.6. The number of aromatic amines is 2. The third kappa shape index (κ3) is 29.9. The number of aliphatic hydroxyl groups excluding tert-OH is 1. The number of aliphatic carboxylic acids is 1. The molecule has 0 unspecified atom stereocenters. The van der Waals surface area contributed by atoms with Gasteiger partial charge in [0.05, 0.1) is 37.3 Å². The molecule has 0 spiro atoms. The number of guanidine groups is 1. The number of nitrogens with zero attached hydrogens (tertiary/aromatic N) is 5. The van der Waals surface area contributed by atoms with Crippen LogP contribution in [-0.2, 0) is 106 Å². The maximum atomic E-state index is 15.8. The number of aliphatic hydroxyl groups is 1. The topological polar surface area (TPSA) is 664 Å². The minimum atomic E-state index is -2.01. The van der Waals surface area contributed by atoms with Crippen LogP contribution in [0.15, 0.2) is 85.2 Å². The molecular formula is C90H128N22O21S. The Kier molecular flexibility index (Phi) is 40.0. The van der Waals surface area contributed by atoms with Crippen molar-refractivity contribution in [2.45, 2.75) is 235 Å². The van der Waals surface area contributed by atoms with Crippen LogP contribution in [0.5, 0.6) is 5.75 Å². The number of amides is 16. The molecule has 0 bridgehead atoms.